The molecular formula is C10H11NO3. The number of hydroxylamine groups is 1. The first-order valence-electron chi connectivity index (χ1n) is 4.34. The molecule has 0 unspecified atom stereocenters. The third-order valence-corrected chi connectivity index (χ3v) is 2.20. The predicted octanol–water partition coefficient (Wildman–Crippen LogP) is 0.970. The molecular weight excluding hydrogens is 182 g/mol. The summed E-state index contributed by atoms with van der Waals surface area (Å²) in [4.78, 5) is 16.1. The molecule has 0 fully saturated rings. The average molecular weight is 193 g/mol. The van der Waals surface area contributed by atoms with Crippen molar-refractivity contribution < 1.29 is 14.4 Å². The highest BCUT2D eigenvalue weighted by molar-refractivity contribution is 5.80. The molecule has 0 spiro atoms. The summed E-state index contributed by atoms with van der Waals surface area (Å²) in [5, 5.41) is 0. The van der Waals surface area contributed by atoms with Gasteiger partial charge in [0.15, 0.2) is 5.75 Å². The van der Waals surface area contributed by atoms with Crippen molar-refractivity contribution >= 4 is 5.91 Å². The minimum atomic E-state index is -0.123. The van der Waals surface area contributed by atoms with E-state index in [2.05, 4.69) is 5.48 Å². The monoisotopic (exact) mass is 193 g/mol. The maximum Gasteiger partial charge on any atom is 0.257 e. The summed E-state index contributed by atoms with van der Waals surface area (Å²) < 4.78 is 5.15. The van der Waals surface area contributed by atoms with Crippen LogP contribution in [0.2, 0.25) is 0 Å². The molecule has 0 aliphatic carbocycles. The van der Waals surface area contributed by atoms with Gasteiger partial charge in [0.05, 0.1) is 13.5 Å². The van der Waals surface area contributed by atoms with Gasteiger partial charge in [-0.1, -0.05) is 0 Å². The van der Waals surface area contributed by atoms with Gasteiger partial charge in [-0.2, -0.15) is 5.48 Å². The fourth-order valence-electron chi connectivity index (χ4n) is 1.50. The Morgan fingerprint density at radius 2 is 2.29 bits per heavy atom. The molecule has 74 valence electrons. The fourth-order valence-corrected chi connectivity index (χ4v) is 1.50. The Morgan fingerprint density at radius 1 is 1.50 bits per heavy atom. The Balaban J connectivity index is 2.45. The highest BCUT2D eigenvalue weighted by Gasteiger charge is 2.18. The van der Waals surface area contributed by atoms with E-state index in [9.17, 15) is 4.79 Å². The summed E-state index contributed by atoms with van der Waals surface area (Å²) in [5.41, 5.74) is 4.21. The van der Waals surface area contributed by atoms with Crippen molar-refractivity contribution in [2.24, 2.45) is 0 Å². The average Bonchev–Trinajstić information content (AvgIpc) is 2.16. The highest BCUT2D eigenvalue weighted by Crippen LogP contribution is 2.30. The van der Waals surface area contributed by atoms with Crippen LogP contribution in [-0.2, 0) is 11.2 Å². The predicted molar refractivity (Wildman–Crippen MR) is 50.2 cm³/mol. The molecule has 1 aromatic carbocycles. The molecule has 14 heavy (non-hydrogen) atoms. The van der Waals surface area contributed by atoms with E-state index in [0.29, 0.717) is 12.2 Å². The van der Waals surface area contributed by atoms with Gasteiger partial charge in [0.25, 0.3) is 5.91 Å². The van der Waals surface area contributed by atoms with Crippen LogP contribution in [0.4, 0.5) is 0 Å². The summed E-state index contributed by atoms with van der Waals surface area (Å²) in [5.74, 6) is 1.30. The number of carbonyl (C=O) groups is 1. The second-order valence-corrected chi connectivity index (χ2v) is 3.23. The van der Waals surface area contributed by atoms with Crippen molar-refractivity contribution in [3.05, 3.63) is 23.3 Å². The molecule has 4 nitrogen and oxygen atoms in total. The molecule has 0 saturated heterocycles. The van der Waals surface area contributed by atoms with Gasteiger partial charge in [-0.15, -0.1) is 0 Å². The first kappa shape index (κ1) is 8.87. The number of ether oxygens (including phenoxy) is 1. The molecule has 1 amide bonds. The minimum absolute atomic E-state index is 0.123. The van der Waals surface area contributed by atoms with E-state index in [1.807, 2.05) is 13.0 Å². The van der Waals surface area contributed by atoms with Crippen molar-refractivity contribution in [1.82, 2.24) is 5.48 Å². The highest BCUT2D eigenvalue weighted by atomic mass is 16.7. The number of methoxy groups -OCH3 is 1. The van der Waals surface area contributed by atoms with E-state index in [1.54, 1.807) is 13.2 Å². The van der Waals surface area contributed by atoms with Crippen LogP contribution in [0, 0.1) is 6.92 Å². The molecule has 0 aromatic heterocycles. The maximum atomic E-state index is 11.0. The van der Waals surface area contributed by atoms with Gasteiger partial charge in [-0.3, -0.25) is 4.79 Å². The number of fused-ring (bicyclic) bond motifs is 1. The SMILES string of the molecule is COc1cc2c(cc1C)CC(=O)NO2. The van der Waals surface area contributed by atoms with Gasteiger partial charge >= 0.3 is 0 Å². The summed E-state index contributed by atoms with van der Waals surface area (Å²) in [6.07, 6.45) is 0.361. The van der Waals surface area contributed by atoms with E-state index in [0.717, 1.165) is 16.9 Å². The first-order valence-corrected chi connectivity index (χ1v) is 4.34. The van der Waals surface area contributed by atoms with Crippen LogP contribution >= 0.6 is 0 Å². The molecule has 2 rings (SSSR count). The lowest BCUT2D eigenvalue weighted by Gasteiger charge is -2.18. The lowest BCUT2D eigenvalue weighted by atomic mass is 10.1. The van der Waals surface area contributed by atoms with E-state index >= 15 is 0 Å². The molecule has 1 aliphatic rings. The van der Waals surface area contributed by atoms with E-state index in [4.69, 9.17) is 9.57 Å². The molecule has 1 aliphatic heterocycles. The molecule has 1 heterocycles. The summed E-state index contributed by atoms with van der Waals surface area (Å²) in [6, 6.07) is 3.69. The second-order valence-electron chi connectivity index (χ2n) is 3.23. The summed E-state index contributed by atoms with van der Waals surface area (Å²) >= 11 is 0. The molecule has 0 bridgehead atoms. The van der Waals surface area contributed by atoms with E-state index in [1.165, 1.54) is 0 Å². The maximum absolute atomic E-state index is 11.0. The number of rotatable bonds is 1. The normalized spacial score (nSPS) is 14.0. The Labute approximate surface area is 81.8 Å². The van der Waals surface area contributed by atoms with E-state index < -0.39 is 0 Å². The number of hydrogen-bond donors (Lipinski definition) is 1. The van der Waals surface area contributed by atoms with Crippen LogP contribution in [-0.4, -0.2) is 13.0 Å². The van der Waals surface area contributed by atoms with Crippen LogP contribution in [0.5, 0.6) is 11.5 Å². The van der Waals surface area contributed by atoms with Crippen molar-refractivity contribution in [2.45, 2.75) is 13.3 Å². The van der Waals surface area contributed by atoms with Crippen LogP contribution < -0.4 is 15.1 Å². The summed E-state index contributed by atoms with van der Waals surface area (Å²) in [7, 11) is 1.61. The first-order chi connectivity index (χ1) is 6.70. The van der Waals surface area contributed by atoms with Gasteiger partial charge in [0.1, 0.15) is 5.75 Å². The molecule has 0 saturated carbocycles. The number of carbonyl (C=O) groups excluding carboxylic acids is 1. The zero-order valence-electron chi connectivity index (χ0n) is 8.09. The number of amides is 1. The third kappa shape index (κ3) is 1.39. The van der Waals surface area contributed by atoms with Gasteiger partial charge in [-0.25, -0.2) is 0 Å². The van der Waals surface area contributed by atoms with Crippen molar-refractivity contribution in [2.75, 3.05) is 7.11 Å². The minimum Gasteiger partial charge on any atom is -0.496 e. The van der Waals surface area contributed by atoms with Gasteiger partial charge in [0.2, 0.25) is 0 Å². The zero-order valence-corrected chi connectivity index (χ0v) is 8.09. The van der Waals surface area contributed by atoms with Crippen molar-refractivity contribution in [3.63, 3.8) is 0 Å². The third-order valence-electron chi connectivity index (χ3n) is 2.20. The standard InChI is InChI=1S/C10H11NO3/c1-6-3-7-4-10(12)11-14-9(7)5-8(6)13-2/h3,5H,4H2,1-2H3,(H,11,12). The number of aryl methyl sites for hydroxylation is 1. The van der Waals surface area contributed by atoms with Crippen LogP contribution in [0.15, 0.2) is 12.1 Å². The quantitative estimate of drug-likeness (QED) is 0.723. The lowest BCUT2D eigenvalue weighted by Crippen LogP contribution is -2.33. The molecule has 0 radical (unpaired) electrons. The summed E-state index contributed by atoms with van der Waals surface area (Å²) in [6.45, 7) is 1.94. The van der Waals surface area contributed by atoms with Gasteiger partial charge in [-0.05, 0) is 18.6 Å². The Hall–Kier alpha value is -1.71. The molecule has 0 atom stereocenters. The Kier molecular flexibility index (Phi) is 2.04. The van der Waals surface area contributed by atoms with Gasteiger partial charge < -0.3 is 9.57 Å². The zero-order chi connectivity index (χ0) is 10.1. The smallest absolute Gasteiger partial charge is 0.257 e. The van der Waals surface area contributed by atoms with Crippen molar-refractivity contribution in [3.8, 4) is 11.5 Å². The van der Waals surface area contributed by atoms with Crippen LogP contribution in [0.1, 0.15) is 11.1 Å². The lowest BCUT2D eigenvalue weighted by molar-refractivity contribution is -0.128. The van der Waals surface area contributed by atoms with Crippen LogP contribution in [0.25, 0.3) is 0 Å². The number of hydrogen-bond acceptors (Lipinski definition) is 3. The number of benzene rings is 1. The van der Waals surface area contributed by atoms with E-state index in [-0.39, 0.29) is 5.91 Å². The topological polar surface area (TPSA) is 47.6 Å². The van der Waals surface area contributed by atoms with Gasteiger partial charge in [0, 0.05) is 11.6 Å². The van der Waals surface area contributed by atoms with Crippen molar-refractivity contribution in [1.29, 1.82) is 0 Å². The number of nitrogens with one attached hydrogen (secondary N) is 1. The fraction of sp³-hybridized carbons (Fsp3) is 0.300. The largest absolute Gasteiger partial charge is 0.496 e. The Bertz CT molecular complexity index is 387. The Morgan fingerprint density at radius 3 is 3.00 bits per heavy atom. The molecule has 4 heteroatoms. The van der Waals surface area contributed by atoms with Crippen LogP contribution in [0.3, 0.4) is 0 Å². The molecule has 1 N–H and O–H groups in total. The second kappa shape index (κ2) is 3.21. The molecule has 1 aromatic rings.